The first-order valence-corrected chi connectivity index (χ1v) is 9.01. The van der Waals surface area contributed by atoms with Crippen molar-refractivity contribution in [3.05, 3.63) is 28.4 Å². The molecule has 2 aromatic rings. The summed E-state index contributed by atoms with van der Waals surface area (Å²) in [6.07, 6.45) is 5.93. The standard InChI is InChI=1S/C18H22N4O6/c1-11-6-4-5-7-21(11)13(24)10-20-8-9-22-16(25)15(28-12(2)23)14(17(26)27-3)19-18(20)22/h8-9,11H,4-7,10H2,1-3H3. The molecule has 1 aliphatic rings. The average Bonchev–Trinajstić information content (AvgIpc) is 3.06. The molecule has 0 N–H and O–H groups in total. The number of methoxy groups -OCH3 is 1. The van der Waals surface area contributed by atoms with Crippen molar-refractivity contribution in [1.29, 1.82) is 0 Å². The maximum atomic E-state index is 12.7. The lowest BCUT2D eigenvalue weighted by molar-refractivity contribution is -0.135. The summed E-state index contributed by atoms with van der Waals surface area (Å²) in [5, 5.41) is 0. The summed E-state index contributed by atoms with van der Waals surface area (Å²) in [5.74, 6) is -2.20. The number of rotatable bonds is 4. The number of hydrogen-bond acceptors (Lipinski definition) is 7. The minimum atomic E-state index is -0.917. The van der Waals surface area contributed by atoms with Crippen LogP contribution in [-0.4, -0.2) is 56.4 Å². The maximum absolute atomic E-state index is 12.7. The van der Waals surface area contributed by atoms with E-state index in [0.29, 0.717) is 6.54 Å². The Labute approximate surface area is 160 Å². The third-order valence-corrected chi connectivity index (χ3v) is 4.76. The first kappa shape index (κ1) is 19.6. The smallest absolute Gasteiger partial charge is 0.360 e. The van der Waals surface area contributed by atoms with Gasteiger partial charge in [0.15, 0.2) is 0 Å². The minimum absolute atomic E-state index is 0.0270. The summed E-state index contributed by atoms with van der Waals surface area (Å²) >= 11 is 0. The van der Waals surface area contributed by atoms with Crippen molar-refractivity contribution < 1.29 is 23.9 Å². The molecule has 1 fully saturated rings. The van der Waals surface area contributed by atoms with Gasteiger partial charge in [-0.1, -0.05) is 0 Å². The molecule has 1 saturated heterocycles. The first-order valence-electron chi connectivity index (χ1n) is 9.01. The van der Waals surface area contributed by atoms with E-state index in [1.165, 1.54) is 17.0 Å². The van der Waals surface area contributed by atoms with Crippen molar-refractivity contribution >= 4 is 23.6 Å². The van der Waals surface area contributed by atoms with E-state index in [2.05, 4.69) is 9.72 Å². The quantitative estimate of drug-likeness (QED) is 0.703. The normalized spacial score (nSPS) is 16.8. The Morgan fingerprint density at radius 3 is 2.64 bits per heavy atom. The monoisotopic (exact) mass is 390 g/mol. The molecular weight excluding hydrogens is 368 g/mol. The number of imidazole rings is 1. The number of ether oxygens (including phenoxy) is 2. The van der Waals surface area contributed by atoms with Crippen LogP contribution in [0.1, 0.15) is 43.6 Å². The Hall–Kier alpha value is -3.17. The zero-order chi connectivity index (χ0) is 20.4. The van der Waals surface area contributed by atoms with Crippen LogP contribution in [-0.2, 0) is 20.9 Å². The van der Waals surface area contributed by atoms with Crippen molar-refractivity contribution in [2.24, 2.45) is 0 Å². The molecule has 0 radical (unpaired) electrons. The maximum Gasteiger partial charge on any atom is 0.360 e. The summed E-state index contributed by atoms with van der Waals surface area (Å²) < 4.78 is 12.1. The van der Waals surface area contributed by atoms with Crippen LogP contribution in [0.5, 0.6) is 5.75 Å². The highest BCUT2D eigenvalue weighted by Crippen LogP contribution is 2.18. The highest BCUT2D eigenvalue weighted by molar-refractivity contribution is 5.91. The lowest BCUT2D eigenvalue weighted by Gasteiger charge is -2.33. The molecule has 28 heavy (non-hydrogen) atoms. The van der Waals surface area contributed by atoms with Gasteiger partial charge in [0.05, 0.1) is 7.11 Å². The Morgan fingerprint density at radius 1 is 1.25 bits per heavy atom. The van der Waals surface area contributed by atoms with Gasteiger partial charge in [0, 0.05) is 31.9 Å². The highest BCUT2D eigenvalue weighted by atomic mass is 16.5. The topological polar surface area (TPSA) is 112 Å². The molecule has 10 heteroatoms. The van der Waals surface area contributed by atoms with Gasteiger partial charge in [-0.05, 0) is 26.2 Å². The predicted octanol–water partition coefficient (Wildman–Crippen LogP) is 0.609. The molecule has 1 amide bonds. The molecule has 3 heterocycles. The molecule has 0 aromatic carbocycles. The Balaban J connectivity index is 2.02. The lowest BCUT2D eigenvalue weighted by atomic mass is 10.0. The number of carbonyl (C=O) groups is 3. The molecule has 150 valence electrons. The number of hydrogen-bond donors (Lipinski definition) is 0. The molecule has 1 atom stereocenters. The third-order valence-electron chi connectivity index (χ3n) is 4.76. The Kier molecular flexibility index (Phi) is 5.48. The van der Waals surface area contributed by atoms with E-state index in [9.17, 15) is 19.2 Å². The first-order chi connectivity index (χ1) is 13.3. The number of likely N-dealkylation sites (tertiary alicyclic amines) is 1. The fourth-order valence-corrected chi connectivity index (χ4v) is 3.36. The Bertz CT molecular complexity index is 992. The predicted molar refractivity (Wildman–Crippen MR) is 97.1 cm³/mol. The van der Waals surface area contributed by atoms with Crippen LogP contribution in [0.2, 0.25) is 0 Å². The zero-order valence-electron chi connectivity index (χ0n) is 16.0. The van der Waals surface area contributed by atoms with Crippen LogP contribution >= 0.6 is 0 Å². The van der Waals surface area contributed by atoms with Gasteiger partial charge in [-0.2, -0.15) is 0 Å². The van der Waals surface area contributed by atoms with Gasteiger partial charge in [-0.25, -0.2) is 14.2 Å². The van der Waals surface area contributed by atoms with Gasteiger partial charge in [0.25, 0.3) is 0 Å². The van der Waals surface area contributed by atoms with Gasteiger partial charge in [0.1, 0.15) is 6.54 Å². The second kappa shape index (κ2) is 7.83. The number of fused-ring (bicyclic) bond motifs is 1. The fraction of sp³-hybridized carbons (Fsp3) is 0.500. The lowest BCUT2D eigenvalue weighted by Crippen LogP contribution is -2.43. The molecule has 0 aliphatic carbocycles. The Morgan fingerprint density at radius 2 is 2.00 bits per heavy atom. The highest BCUT2D eigenvalue weighted by Gasteiger charge is 2.26. The minimum Gasteiger partial charge on any atom is -0.464 e. The van der Waals surface area contributed by atoms with Crippen LogP contribution in [0, 0.1) is 0 Å². The molecule has 1 aliphatic heterocycles. The second-order valence-corrected chi connectivity index (χ2v) is 6.71. The summed E-state index contributed by atoms with van der Waals surface area (Å²) in [6, 6.07) is 0.153. The average molecular weight is 390 g/mol. The van der Waals surface area contributed by atoms with E-state index in [-0.39, 0.29) is 24.3 Å². The second-order valence-electron chi connectivity index (χ2n) is 6.71. The summed E-state index contributed by atoms with van der Waals surface area (Å²) in [7, 11) is 1.13. The van der Waals surface area contributed by atoms with E-state index in [1.807, 2.05) is 11.8 Å². The van der Waals surface area contributed by atoms with Gasteiger partial charge >= 0.3 is 17.5 Å². The van der Waals surface area contributed by atoms with E-state index in [0.717, 1.165) is 37.7 Å². The van der Waals surface area contributed by atoms with E-state index < -0.39 is 28.9 Å². The molecule has 0 spiro atoms. The molecule has 10 nitrogen and oxygen atoms in total. The molecule has 0 saturated carbocycles. The molecule has 1 unspecified atom stereocenters. The van der Waals surface area contributed by atoms with Crippen molar-refractivity contribution in [1.82, 2.24) is 18.9 Å². The zero-order valence-corrected chi connectivity index (χ0v) is 16.0. The van der Waals surface area contributed by atoms with E-state index in [4.69, 9.17) is 4.74 Å². The largest absolute Gasteiger partial charge is 0.464 e. The fourth-order valence-electron chi connectivity index (χ4n) is 3.36. The molecule has 2 aromatic heterocycles. The summed E-state index contributed by atoms with van der Waals surface area (Å²) in [4.78, 5) is 54.7. The van der Waals surface area contributed by atoms with Gasteiger partial charge < -0.3 is 18.9 Å². The van der Waals surface area contributed by atoms with Crippen LogP contribution in [0.25, 0.3) is 5.78 Å². The molecule has 0 bridgehead atoms. The molecule has 3 rings (SSSR count). The number of aromatic nitrogens is 3. The number of esters is 2. The van der Waals surface area contributed by atoms with Crippen molar-refractivity contribution in [3.63, 3.8) is 0 Å². The van der Waals surface area contributed by atoms with Crippen LogP contribution in [0.4, 0.5) is 0 Å². The number of carbonyl (C=O) groups excluding carboxylic acids is 3. The van der Waals surface area contributed by atoms with E-state index in [1.54, 1.807) is 0 Å². The summed E-state index contributed by atoms with van der Waals surface area (Å²) in [5.41, 5.74) is -1.15. The van der Waals surface area contributed by atoms with Crippen LogP contribution in [0.3, 0.4) is 0 Å². The van der Waals surface area contributed by atoms with Crippen molar-refractivity contribution in [2.45, 2.75) is 45.7 Å². The van der Waals surface area contributed by atoms with Crippen LogP contribution in [0.15, 0.2) is 17.2 Å². The summed E-state index contributed by atoms with van der Waals surface area (Å²) in [6.45, 7) is 3.78. The van der Waals surface area contributed by atoms with E-state index >= 15 is 0 Å². The van der Waals surface area contributed by atoms with Crippen molar-refractivity contribution in [3.8, 4) is 5.75 Å². The number of nitrogens with zero attached hydrogens (tertiary/aromatic N) is 4. The molecular formula is C18H22N4O6. The van der Waals surface area contributed by atoms with Crippen molar-refractivity contribution in [2.75, 3.05) is 13.7 Å². The van der Waals surface area contributed by atoms with Gasteiger partial charge in [0.2, 0.25) is 23.1 Å². The van der Waals surface area contributed by atoms with Gasteiger partial charge in [-0.15, -0.1) is 0 Å². The third kappa shape index (κ3) is 3.62. The number of amides is 1. The SMILES string of the molecule is COC(=O)c1nc2n(CC(=O)N3CCCCC3C)ccn2c(=O)c1OC(C)=O. The van der Waals surface area contributed by atoms with Crippen LogP contribution < -0.4 is 10.3 Å². The number of piperidine rings is 1. The van der Waals surface area contributed by atoms with Gasteiger partial charge in [-0.3, -0.25) is 14.4 Å².